The third-order valence-electron chi connectivity index (χ3n) is 3.57. The normalized spacial score (nSPS) is 10.9. The molecule has 4 heteroatoms. The second-order valence-corrected chi connectivity index (χ2v) is 5.81. The van der Waals surface area contributed by atoms with Gasteiger partial charge in [0.1, 0.15) is 0 Å². The van der Waals surface area contributed by atoms with Crippen LogP contribution in [0, 0.1) is 0 Å². The molecule has 4 nitrogen and oxygen atoms in total. The fourth-order valence-corrected chi connectivity index (χ4v) is 2.37. The number of carbonyl (C=O) groups is 1. The Balaban J connectivity index is 1.72. The maximum absolute atomic E-state index is 11.9. The van der Waals surface area contributed by atoms with Gasteiger partial charge in [0, 0.05) is 12.2 Å². The van der Waals surface area contributed by atoms with E-state index in [1.807, 2.05) is 36.4 Å². The Bertz CT molecular complexity index is 610. The van der Waals surface area contributed by atoms with Crippen molar-refractivity contribution in [3.63, 3.8) is 0 Å². The molecule has 0 bridgehead atoms. The summed E-state index contributed by atoms with van der Waals surface area (Å²) in [4.78, 5) is 14.0. The molecule has 22 heavy (non-hydrogen) atoms. The minimum absolute atomic E-state index is 0.136. The third-order valence-corrected chi connectivity index (χ3v) is 3.57. The van der Waals surface area contributed by atoms with Crippen molar-refractivity contribution in [2.75, 3.05) is 32.5 Å². The molecule has 0 aliphatic rings. The van der Waals surface area contributed by atoms with Crippen LogP contribution in [-0.2, 0) is 0 Å². The van der Waals surface area contributed by atoms with E-state index in [1.54, 1.807) is 0 Å². The van der Waals surface area contributed by atoms with Gasteiger partial charge in [0.05, 0.1) is 0 Å². The lowest BCUT2D eigenvalue weighted by atomic mass is 10.1. The van der Waals surface area contributed by atoms with Crippen LogP contribution in [0.3, 0.4) is 0 Å². The molecule has 0 fully saturated rings. The predicted molar refractivity (Wildman–Crippen MR) is 93.4 cm³/mol. The van der Waals surface area contributed by atoms with Gasteiger partial charge in [-0.3, -0.25) is 0 Å². The summed E-state index contributed by atoms with van der Waals surface area (Å²) in [5, 5.41) is 8.09. The summed E-state index contributed by atoms with van der Waals surface area (Å²) in [5.74, 6) is 0. The number of hydrogen-bond acceptors (Lipinski definition) is 2. The number of unbranched alkanes of at least 4 members (excludes halogenated alkanes) is 2. The Morgan fingerprint density at radius 1 is 1.00 bits per heavy atom. The van der Waals surface area contributed by atoms with Gasteiger partial charge in [-0.15, -0.1) is 0 Å². The number of hydrogen-bond donors (Lipinski definition) is 2. The number of nitrogens with one attached hydrogen (secondary N) is 2. The molecule has 2 aromatic carbocycles. The molecule has 2 amide bonds. The third kappa shape index (κ3) is 5.37. The minimum Gasteiger partial charge on any atom is -0.338 e. The molecule has 2 N–H and O–H groups in total. The molecular weight excluding hydrogens is 274 g/mol. The zero-order valence-electron chi connectivity index (χ0n) is 13.4. The smallest absolute Gasteiger partial charge is 0.319 e. The number of rotatable bonds is 7. The van der Waals surface area contributed by atoms with E-state index in [2.05, 4.69) is 35.7 Å². The first kappa shape index (κ1) is 16.3. The number of carbonyl (C=O) groups excluding carboxylic acids is 1. The molecule has 118 valence electrons. The fraction of sp³-hybridized carbons (Fsp3) is 0.389. The van der Waals surface area contributed by atoms with Crippen LogP contribution in [-0.4, -0.2) is 38.1 Å². The Hall–Kier alpha value is -2.07. The standard InChI is InChI=1S/C18H25N3O/c1-21(2)13-7-3-6-12-19-18(22)20-17-11-10-15-8-4-5-9-16(15)14-17/h4-5,8-11,14H,3,6-7,12-13H2,1-2H3,(H2,19,20,22). The Labute approximate surface area is 132 Å². The van der Waals surface area contributed by atoms with Crippen LogP contribution < -0.4 is 10.6 Å². The number of amides is 2. The Morgan fingerprint density at radius 3 is 2.55 bits per heavy atom. The van der Waals surface area contributed by atoms with Crippen molar-refractivity contribution >= 4 is 22.5 Å². The summed E-state index contributed by atoms with van der Waals surface area (Å²) in [6, 6.07) is 13.9. The lowest BCUT2D eigenvalue weighted by molar-refractivity contribution is 0.252. The van der Waals surface area contributed by atoms with Gasteiger partial charge in [-0.25, -0.2) is 4.79 Å². The van der Waals surface area contributed by atoms with Gasteiger partial charge in [0.25, 0.3) is 0 Å². The van der Waals surface area contributed by atoms with Crippen LogP contribution in [0.4, 0.5) is 10.5 Å². The minimum atomic E-state index is -0.136. The first-order valence-electron chi connectivity index (χ1n) is 7.83. The van der Waals surface area contributed by atoms with E-state index < -0.39 is 0 Å². The van der Waals surface area contributed by atoms with E-state index in [1.165, 1.54) is 11.8 Å². The van der Waals surface area contributed by atoms with Crippen LogP contribution in [0.15, 0.2) is 42.5 Å². The van der Waals surface area contributed by atoms with Gasteiger partial charge >= 0.3 is 6.03 Å². The van der Waals surface area contributed by atoms with Crippen molar-refractivity contribution < 1.29 is 4.79 Å². The maximum Gasteiger partial charge on any atom is 0.319 e. The van der Waals surface area contributed by atoms with E-state index in [-0.39, 0.29) is 6.03 Å². The van der Waals surface area contributed by atoms with Crippen LogP contribution in [0.2, 0.25) is 0 Å². The molecule has 0 aromatic heterocycles. The molecule has 2 aromatic rings. The topological polar surface area (TPSA) is 44.4 Å². The molecule has 0 unspecified atom stereocenters. The summed E-state index contributed by atoms with van der Waals surface area (Å²) in [6.45, 7) is 1.82. The number of nitrogens with zero attached hydrogens (tertiary/aromatic N) is 1. The van der Waals surface area contributed by atoms with E-state index in [9.17, 15) is 4.79 Å². The molecule has 2 rings (SSSR count). The lowest BCUT2D eigenvalue weighted by Crippen LogP contribution is -2.29. The first-order chi connectivity index (χ1) is 10.6. The fourth-order valence-electron chi connectivity index (χ4n) is 2.37. The van der Waals surface area contributed by atoms with Gasteiger partial charge in [0.2, 0.25) is 0 Å². The van der Waals surface area contributed by atoms with E-state index in [0.29, 0.717) is 6.54 Å². The molecule has 0 aliphatic carbocycles. The van der Waals surface area contributed by atoms with Crippen molar-refractivity contribution in [2.24, 2.45) is 0 Å². The SMILES string of the molecule is CN(C)CCCCCNC(=O)Nc1ccc2ccccc2c1. The molecule has 0 atom stereocenters. The number of anilines is 1. The van der Waals surface area contributed by atoms with Crippen LogP contribution in [0.25, 0.3) is 10.8 Å². The van der Waals surface area contributed by atoms with Crippen molar-refractivity contribution in [3.8, 4) is 0 Å². The van der Waals surface area contributed by atoms with Gasteiger partial charge in [0.15, 0.2) is 0 Å². The molecule has 0 heterocycles. The Morgan fingerprint density at radius 2 is 1.77 bits per heavy atom. The summed E-state index contributed by atoms with van der Waals surface area (Å²) < 4.78 is 0. The second-order valence-electron chi connectivity index (χ2n) is 5.81. The molecule has 0 saturated carbocycles. The highest BCUT2D eigenvalue weighted by molar-refractivity contribution is 5.93. The summed E-state index contributed by atoms with van der Waals surface area (Å²) in [5.41, 5.74) is 0.823. The molecular formula is C18H25N3O. The highest BCUT2D eigenvalue weighted by Crippen LogP contribution is 2.18. The van der Waals surface area contributed by atoms with Crippen molar-refractivity contribution in [2.45, 2.75) is 19.3 Å². The number of benzene rings is 2. The molecule has 0 radical (unpaired) electrons. The van der Waals surface area contributed by atoms with Crippen LogP contribution >= 0.6 is 0 Å². The van der Waals surface area contributed by atoms with Gasteiger partial charge < -0.3 is 15.5 Å². The zero-order chi connectivity index (χ0) is 15.8. The van der Waals surface area contributed by atoms with E-state index in [4.69, 9.17) is 0 Å². The van der Waals surface area contributed by atoms with Crippen LogP contribution in [0.1, 0.15) is 19.3 Å². The zero-order valence-corrected chi connectivity index (χ0v) is 13.4. The van der Waals surface area contributed by atoms with E-state index >= 15 is 0 Å². The number of fused-ring (bicyclic) bond motifs is 1. The molecule has 0 saturated heterocycles. The summed E-state index contributed by atoms with van der Waals surface area (Å²) in [7, 11) is 4.16. The predicted octanol–water partition coefficient (Wildman–Crippen LogP) is 3.69. The van der Waals surface area contributed by atoms with E-state index in [0.717, 1.165) is 30.5 Å². The van der Waals surface area contributed by atoms with Gasteiger partial charge in [-0.05, 0) is 56.4 Å². The average Bonchev–Trinajstić information content (AvgIpc) is 2.50. The monoisotopic (exact) mass is 299 g/mol. The summed E-state index contributed by atoms with van der Waals surface area (Å²) in [6.07, 6.45) is 3.31. The van der Waals surface area contributed by atoms with Crippen molar-refractivity contribution in [1.29, 1.82) is 0 Å². The highest BCUT2D eigenvalue weighted by atomic mass is 16.2. The molecule has 0 aliphatic heterocycles. The average molecular weight is 299 g/mol. The second kappa shape index (κ2) is 8.39. The van der Waals surface area contributed by atoms with Gasteiger partial charge in [-0.2, -0.15) is 0 Å². The maximum atomic E-state index is 11.9. The highest BCUT2D eigenvalue weighted by Gasteiger charge is 2.02. The Kier molecular flexibility index (Phi) is 6.22. The first-order valence-corrected chi connectivity index (χ1v) is 7.83. The van der Waals surface area contributed by atoms with Crippen molar-refractivity contribution in [1.82, 2.24) is 10.2 Å². The number of urea groups is 1. The van der Waals surface area contributed by atoms with Gasteiger partial charge in [-0.1, -0.05) is 36.8 Å². The quantitative estimate of drug-likeness (QED) is 0.766. The van der Waals surface area contributed by atoms with Crippen molar-refractivity contribution in [3.05, 3.63) is 42.5 Å². The van der Waals surface area contributed by atoms with Crippen LogP contribution in [0.5, 0.6) is 0 Å². The molecule has 0 spiro atoms. The largest absolute Gasteiger partial charge is 0.338 e. The summed E-state index contributed by atoms with van der Waals surface area (Å²) >= 11 is 0. The lowest BCUT2D eigenvalue weighted by Gasteiger charge is -2.10.